The summed E-state index contributed by atoms with van der Waals surface area (Å²) in [6.45, 7) is 11.6. The number of methoxy groups -OCH3 is 1. The van der Waals surface area contributed by atoms with Gasteiger partial charge in [0.25, 0.3) is 0 Å². The van der Waals surface area contributed by atoms with Gasteiger partial charge in [-0.1, -0.05) is 20.8 Å². The van der Waals surface area contributed by atoms with E-state index in [1.54, 1.807) is 0 Å². The topological polar surface area (TPSA) is 41.6 Å². The standard InChI is InChI=1S/C16H32N2O2/c1-6-10-17-16(4,15(19)20-5)9-12-18-11-7-8-14(18)13(2)3/h13-14,17H,6-12H2,1-5H3. The first kappa shape index (κ1) is 17.4. The molecule has 1 fully saturated rings. The molecule has 2 unspecified atom stereocenters. The van der Waals surface area contributed by atoms with Gasteiger partial charge >= 0.3 is 5.97 Å². The van der Waals surface area contributed by atoms with Gasteiger partial charge in [0.15, 0.2) is 0 Å². The summed E-state index contributed by atoms with van der Waals surface area (Å²) in [6, 6.07) is 0.670. The van der Waals surface area contributed by atoms with Crippen molar-refractivity contribution in [3.05, 3.63) is 0 Å². The molecule has 118 valence electrons. The van der Waals surface area contributed by atoms with Crippen molar-refractivity contribution < 1.29 is 9.53 Å². The normalized spacial score (nSPS) is 23.0. The highest BCUT2D eigenvalue weighted by Crippen LogP contribution is 2.25. The fourth-order valence-electron chi connectivity index (χ4n) is 3.14. The predicted molar refractivity (Wildman–Crippen MR) is 82.8 cm³/mol. The minimum atomic E-state index is -0.561. The lowest BCUT2D eigenvalue weighted by Crippen LogP contribution is -2.52. The number of ether oxygens (including phenoxy) is 1. The zero-order valence-corrected chi connectivity index (χ0v) is 13.9. The molecule has 0 spiro atoms. The Labute approximate surface area is 124 Å². The molecule has 1 N–H and O–H groups in total. The number of nitrogens with zero attached hydrogens (tertiary/aromatic N) is 1. The molecule has 20 heavy (non-hydrogen) atoms. The number of hydrogen-bond acceptors (Lipinski definition) is 4. The van der Waals surface area contributed by atoms with Gasteiger partial charge in [0.1, 0.15) is 5.54 Å². The van der Waals surface area contributed by atoms with Crippen LogP contribution in [0.3, 0.4) is 0 Å². The zero-order valence-electron chi connectivity index (χ0n) is 13.9. The van der Waals surface area contributed by atoms with Crippen molar-refractivity contribution in [1.82, 2.24) is 10.2 Å². The average Bonchev–Trinajstić information content (AvgIpc) is 2.90. The highest BCUT2D eigenvalue weighted by Gasteiger charge is 2.35. The molecule has 0 aromatic heterocycles. The molecule has 4 nitrogen and oxygen atoms in total. The Morgan fingerprint density at radius 1 is 1.50 bits per heavy atom. The van der Waals surface area contributed by atoms with Crippen LogP contribution in [0.4, 0.5) is 0 Å². The Balaban J connectivity index is 2.59. The van der Waals surface area contributed by atoms with Gasteiger partial charge in [-0.2, -0.15) is 0 Å². The SMILES string of the molecule is CCCNC(C)(CCN1CCCC1C(C)C)C(=O)OC. The second kappa shape index (κ2) is 7.99. The molecule has 4 heteroatoms. The maximum absolute atomic E-state index is 12.1. The Hall–Kier alpha value is -0.610. The summed E-state index contributed by atoms with van der Waals surface area (Å²) >= 11 is 0. The van der Waals surface area contributed by atoms with Crippen molar-refractivity contribution in [1.29, 1.82) is 0 Å². The molecule has 0 aromatic carbocycles. The van der Waals surface area contributed by atoms with Crippen LogP contribution in [0.1, 0.15) is 53.4 Å². The lowest BCUT2D eigenvalue weighted by atomic mass is 9.96. The van der Waals surface area contributed by atoms with Gasteiger partial charge in [-0.3, -0.25) is 4.79 Å². The van der Waals surface area contributed by atoms with Gasteiger partial charge in [0, 0.05) is 12.6 Å². The first-order valence-electron chi connectivity index (χ1n) is 8.02. The van der Waals surface area contributed by atoms with Gasteiger partial charge in [-0.25, -0.2) is 0 Å². The Kier molecular flexibility index (Phi) is 6.96. The highest BCUT2D eigenvalue weighted by atomic mass is 16.5. The number of esters is 1. The van der Waals surface area contributed by atoms with Gasteiger partial charge < -0.3 is 15.0 Å². The number of carbonyl (C=O) groups is 1. The molecule has 0 aliphatic carbocycles. The van der Waals surface area contributed by atoms with Gasteiger partial charge in [-0.05, 0) is 51.6 Å². The van der Waals surface area contributed by atoms with Gasteiger partial charge in [0.05, 0.1) is 7.11 Å². The van der Waals surface area contributed by atoms with Crippen LogP contribution in [0.15, 0.2) is 0 Å². The molecule has 1 rings (SSSR count). The first-order valence-corrected chi connectivity index (χ1v) is 8.02. The molecule has 1 aliphatic rings. The Morgan fingerprint density at radius 2 is 2.20 bits per heavy atom. The lowest BCUT2D eigenvalue weighted by Gasteiger charge is -2.33. The third-order valence-electron chi connectivity index (χ3n) is 4.48. The fraction of sp³-hybridized carbons (Fsp3) is 0.938. The zero-order chi connectivity index (χ0) is 15.2. The maximum Gasteiger partial charge on any atom is 0.325 e. The highest BCUT2D eigenvalue weighted by molar-refractivity contribution is 5.80. The van der Waals surface area contributed by atoms with Crippen LogP contribution in [0.25, 0.3) is 0 Å². The number of hydrogen-bond donors (Lipinski definition) is 1. The summed E-state index contributed by atoms with van der Waals surface area (Å²) in [5, 5.41) is 3.36. The van der Waals surface area contributed by atoms with Crippen LogP contribution in [-0.2, 0) is 9.53 Å². The minimum Gasteiger partial charge on any atom is -0.468 e. The molecule has 1 saturated heterocycles. The van der Waals surface area contributed by atoms with E-state index in [9.17, 15) is 4.79 Å². The summed E-state index contributed by atoms with van der Waals surface area (Å²) in [7, 11) is 1.47. The molecule has 0 amide bonds. The molecule has 0 radical (unpaired) electrons. The number of likely N-dealkylation sites (tertiary alicyclic amines) is 1. The van der Waals surface area contributed by atoms with Crippen molar-refractivity contribution >= 4 is 5.97 Å². The summed E-state index contributed by atoms with van der Waals surface area (Å²) < 4.78 is 4.98. The Morgan fingerprint density at radius 3 is 2.75 bits per heavy atom. The smallest absolute Gasteiger partial charge is 0.325 e. The van der Waals surface area contributed by atoms with Crippen LogP contribution in [0.2, 0.25) is 0 Å². The summed E-state index contributed by atoms with van der Waals surface area (Å²) in [5.41, 5.74) is -0.561. The van der Waals surface area contributed by atoms with E-state index in [0.717, 1.165) is 32.5 Å². The van der Waals surface area contributed by atoms with Crippen LogP contribution < -0.4 is 5.32 Å². The fourth-order valence-corrected chi connectivity index (χ4v) is 3.14. The van der Waals surface area contributed by atoms with Crippen LogP contribution in [0, 0.1) is 5.92 Å². The number of nitrogens with one attached hydrogen (secondary N) is 1. The molecule has 0 bridgehead atoms. The van der Waals surface area contributed by atoms with Crippen LogP contribution in [0.5, 0.6) is 0 Å². The molecule has 2 atom stereocenters. The first-order chi connectivity index (χ1) is 9.44. The third-order valence-corrected chi connectivity index (χ3v) is 4.48. The van der Waals surface area contributed by atoms with Gasteiger partial charge in [-0.15, -0.1) is 0 Å². The predicted octanol–water partition coefficient (Wildman–Crippen LogP) is 2.43. The van der Waals surface area contributed by atoms with Crippen LogP contribution >= 0.6 is 0 Å². The molecule has 1 aliphatic heterocycles. The van der Waals surface area contributed by atoms with Gasteiger partial charge in [0.2, 0.25) is 0 Å². The van der Waals surface area contributed by atoms with E-state index in [-0.39, 0.29) is 5.97 Å². The largest absolute Gasteiger partial charge is 0.468 e. The van der Waals surface area contributed by atoms with E-state index in [0.29, 0.717) is 12.0 Å². The Bertz CT molecular complexity index is 307. The minimum absolute atomic E-state index is 0.147. The monoisotopic (exact) mass is 284 g/mol. The quantitative estimate of drug-likeness (QED) is 0.695. The van der Waals surface area contributed by atoms with Crippen molar-refractivity contribution in [2.24, 2.45) is 5.92 Å². The maximum atomic E-state index is 12.1. The van der Waals surface area contributed by atoms with E-state index < -0.39 is 5.54 Å². The summed E-state index contributed by atoms with van der Waals surface area (Å²) in [6.07, 6.45) is 4.39. The molecular weight excluding hydrogens is 252 g/mol. The second-order valence-corrected chi connectivity index (χ2v) is 6.49. The average molecular weight is 284 g/mol. The van der Waals surface area contributed by atoms with E-state index in [2.05, 4.69) is 31.0 Å². The van der Waals surface area contributed by atoms with Crippen molar-refractivity contribution in [2.75, 3.05) is 26.7 Å². The second-order valence-electron chi connectivity index (χ2n) is 6.49. The van der Waals surface area contributed by atoms with E-state index in [1.165, 1.54) is 20.0 Å². The number of rotatable bonds is 8. The summed E-state index contributed by atoms with van der Waals surface area (Å²) in [4.78, 5) is 14.6. The van der Waals surface area contributed by atoms with Crippen molar-refractivity contribution in [3.63, 3.8) is 0 Å². The molecule has 0 aromatic rings. The van der Waals surface area contributed by atoms with Crippen molar-refractivity contribution in [3.8, 4) is 0 Å². The van der Waals surface area contributed by atoms with Crippen LogP contribution in [-0.4, -0.2) is 49.2 Å². The molecule has 1 heterocycles. The van der Waals surface area contributed by atoms with E-state index in [1.807, 2.05) is 6.92 Å². The molecule has 0 saturated carbocycles. The van der Waals surface area contributed by atoms with E-state index in [4.69, 9.17) is 4.74 Å². The van der Waals surface area contributed by atoms with E-state index >= 15 is 0 Å². The lowest BCUT2D eigenvalue weighted by molar-refractivity contribution is -0.148. The molecular formula is C16H32N2O2. The summed E-state index contributed by atoms with van der Waals surface area (Å²) in [5.74, 6) is 0.539. The number of carbonyl (C=O) groups excluding carboxylic acids is 1. The van der Waals surface area contributed by atoms with Crippen molar-refractivity contribution in [2.45, 2.75) is 65.0 Å². The third kappa shape index (κ3) is 4.45.